The summed E-state index contributed by atoms with van der Waals surface area (Å²) in [5, 5.41) is 2.94. The van der Waals surface area contributed by atoms with E-state index in [9.17, 15) is 8.42 Å². The van der Waals surface area contributed by atoms with Crippen LogP contribution < -0.4 is 5.32 Å². The Balaban J connectivity index is 3.79. The van der Waals surface area contributed by atoms with Gasteiger partial charge in [-0.1, -0.05) is 0 Å². The Bertz CT molecular complexity index is 212. The molecule has 1 N–H and O–H groups in total. The SMILES string of the molecule is CC(S)NCCS(=O)(=O)N(C)C. The minimum absolute atomic E-state index is 0.0300. The molecule has 0 amide bonds. The van der Waals surface area contributed by atoms with E-state index in [0.29, 0.717) is 6.54 Å². The lowest BCUT2D eigenvalue weighted by Gasteiger charge is -2.12. The van der Waals surface area contributed by atoms with E-state index in [1.165, 1.54) is 18.4 Å². The predicted molar refractivity (Wildman–Crippen MR) is 53.9 cm³/mol. The van der Waals surface area contributed by atoms with Crippen LogP contribution in [0.5, 0.6) is 0 Å². The summed E-state index contributed by atoms with van der Waals surface area (Å²) in [5.41, 5.74) is 0. The molecular weight excluding hydrogens is 196 g/mol. The third-order valence-corrected chi connectivity index (χ3v) is 3.37. The second-order valence-corrected chi connectivity index (χ2v) is 5.81. The van der Waals surface area contributed by atoms with E-state index in [-0.39, 0.29) is 11.1 Å². The van der Waals surface area contributed by atoms with Crippen LogP contribution in [0, 0.1) is 0 Å². The zero-order valence-corrected chi connectivity index (χ0v) is 9.32. The lowest BCUT2D eigenvalue weighted by Crippen LogP contribution is -2.33. The highest BCUT2D eigenvalue weighted by molar-refractivity contribution is 7.89. The molecule has 6 heteroatoms. The van der Waals surface area contributed by atoms with Gasteiger partial charge in [0.25, 0.3) is 0 Å². The van der Waals surface area contributed by atoms with E-state index in [1.54, 1.807) is 0 Å². The lowest BCUT2D eigenvalue weighted by molar-refractivity contribution is 0.517. The maximum Gasteiger partial charge on any atom is 0.214 e. The summed E-state index contributed by atoms with van der Waals surface area (Å²) in [4.78, 5) is 0. The molecule has 12 heavy (non-hydrogen) atoms. The van der Waals surface area contributed by atoms with Gasteiger partial charge in [0.05, 0.1) is 5.75 Å². The number of nitrogens with zero attached hydrogens (tertiary/aromatic N) is 1. The minimum atomic E-state index is -3.06. The smallest absolute Gasteiger partial charge is 0.214 e. The molecule has 0 radical (unpaired) electrons. The van der Waals surface area contributed by atoms with Gasteiger partial charge in [0.15, 0.2) is 0 Å². The molecule has 4 nitrogen and oxygen atoms in total. The molecule has 0 aromatic carbocycles. The molecule has 0 saturated carbocycles. The number of rotatable bonds is 5. The van der Waals surface area contributed by atoms with Crippen LogP contribution in [-0.2, 0) is 10.0 Å². The van der Waals surface area contributed by atoms with Gasteiger partial charge in [-0.05, 0) is 6.92 Å². The Hall–Kier alpha value is 0.220. The molecule has 0 spiro atoms. The second kappa shape index (κ2) is 5.06. The zero-order valence-electron chi connectivity index (χ0n) is 7.61. The zero-order chi connectivity index (χ0) is 9.78. The molecule has 74 valence electrons. The summed E-state index contributed by atoms with van der Waals surface area (Å²) in [7, 11) is -0.00250. The van der Waals surface area contributed by atoms with Crippen LogP contribution in [0.15, 0.2) is 0 Å². The van der Waals surface area contributed by atoms with Crippen molar-refractivity contribution < 1.29 is 8.42 Å². The van der Waals surface area contributed by atoms with Crippen molar-refractivity contribution in [1.82, 2.24) is 9.62 Å². The van der Waals surface area contributed by atoms with Gasteiger partial charge in [0.2, 0.25) is 10.0 Å². The van der Waals surface area contributed by atoms with Crippen molar-refractivity contribution in [2.75, 3.05) is 26.4 Å². The van der Waals surface area contributed by atoms with Gasteiger partial charge in [-0.25, -0.2) is 12.7 Å². The lowest BCUT2D eigenvalue weighted by atomic mass is 10.6. The third kappa shape index (κ3) is 4.97. The van der Waals surface area contributed by atoms with Crippen LogP contribution in [-0.4, -0.2) is 44.5 Å². The summed E-state index contributed by atoms with van der Waals surface area (Å²) in [6.45, 7) is 2.29. The molecule has 0 rings (SSSR count). The molecule has 0 aromatic heterocycles. The average molecular weight is 212 g/mol. The fourth-order valence-corrected chi connectivity index (χ4v) is 1.45. The normalized spacial score (nSPS) is 15.1. The highest BCUT2D eigenvalue weighted by Gasteiger charge is 2.12. The Labute approximate surface area is 79.8 Å². The van der Waals surface area contributed by atoms with E-state index < -0.39 is 10.0 Å². The summed E-state index contributed by atoms with van der Waals surface area (Å²) in [5.74, 6) is 0.116. The van der Waals surface area contributed by atoms with Gasteiger partial charge in [0, 0.05) is 26.0 Å². The van der Waals surface area contributed by atoms with Gasteiger partial charge >= 0.3 is 0 Å². The average Bonchev–Trinajstić information content (AvgIpc) is 1.85. The maximum atomic E-state index is 11.2. The number of nitrogens with one attached hydrogen (secondary N) is 1. The fourth-order valence-electron chi connectivity index (χ4n) is 0.579. The van der Waals surface area contributed by atoms with E-state index in [2.05, 4.69) is 17.9 Å². The van der Waals surface area contributed by atoms with Crippen LogP contribution in [0.25, 0.3) is 0 Å². The standard InChI is InChI=1S/C6H16N2O2S2/c1-6(11)7-4-5-12(9,10)8(2)3/h6-7,11H,4-5H2,1-3H3. The van der Waals surface area contributed by atoms with Crippen molar-refractivity contribution in [2.45, 2.75) is 12.3 Å². The van der Waals surface area contributed by atoms with Crippen molar-refractivity contribution >= 4 is 22.7 Å². The van der Waals surface area contributed by atoms with Crippen molar-refractivity contribution in [2.24, 2.45) is 0 Å². The molecule has 0 aromatic rings. The van der Waals surface area contributed by atoms with Gasteiger partial charge in [-0.3, -0.25) is 0 Å². The molecule has 0 bridgehead atoms. The van der Waals surface area contributed by atoms with E-state index in [4.69, 9.17) is 0 Å². The van der Waals surface area contributed by atoms with E-state index in [0.717, 1.165) is 0 Å². The Kier molecular flexibility index (Phi) is 5.15. The minimum Gasteiger partial charge on any atom is -0.305 e. The molecule has 0 aliphatic heterocycles. The Morgan fingerprint density at radius 3 is 2.33 bits per heavy atom. The fraction of sp³-hybridized carbons (Fsp3) is 1.00. The van der Waals surface area contributed by atoms with Crippen LogP contribution in [0.1, 0.15) is 6.92 Å². The van der Waals surface area contributed by atoms with Gasteiger partial charge in [0.1, 0.15) is 0 Å². The van der Waals surface area contributed by atoms with Crippen molar-refractivity contribution in [3.05, 3.63) is 0 Å². The van der Waals surface area contributed by atoms with Gasteiger partial charge in [-0.15, -0.1) is 0 Å². The summed E-state index contributed by atoms with van der Waals surface area (Å²) >= 11 is 4.06. The van der Waals surface area contributed by atoms with Crippen LogP contribution in [0.4, 0.5) is 0 Å². The second-order valence-electron chi connectivity index (χ2n) is 2.73. The topological polar surface area (TPSA) is 49.4 Å². The maximum absolute atomic E-state index is 11.2. The van der Waals surface area contributed by atoms with Crippen LogP contribution in [0.2, 0.25) is 0 Å². The van der Waals surface area contributed by atoms with Crippen LogP contribution >= 0.6 is 12.6 Å². The Morgan fingerprint density at radius 1 is 1.50 bits per heavy atom. The molecule has 1 atom stereocenters. The molecule has 0 fully saturated rings. The van der Waals surface area contributed by atoms with Gasteiger partial charge < -0.3 is 5.32 Å². The predicted octanol–water partition coefficient (Wildman–Crippen LogP) is -0.257. The molecule has 0 heterocycles. The number of hydrogen-bond donors (Lipinski definition) is 2. The monoisotopic (exact) mass is 212 g/mol. The van der Waals surface area contributed by atoms with Gasteiger partial charge in [-0.2, -0.15) is 12.6 Å². The highest BCUT2D eigenvalue weighted by atomic mass is 32.2. The van der Waals surface area contributed by atoms with E-state index in [1.807, 2.05) is 6.92 Å². The van der Waals surface area contributed by atoms with Crippen molar-refractivity contribution in [3.63, 3.8) is 0 Å². The van der Waals surface area contributed by atoms with Crippen molar-refractivity contribution in [3.8, 4) is 0 Å². The summed E-state index contributed by atoms with van der Waals surface area (Å²) < 4.78 is 23.6. The first kappa shape index (κ1) is 12.2. The quantitative estimate of drug-likeness (QED) is 0.488. The number of thiol groups is 1. The Morgan fingerprint density at radius 2 is 2.00 bits per heavy atom. The first-order valence-electron chi connectivity index (χ1n) is 3.68. The van der Waals surface area contributed by atoms with E-state index >= 15 is 0 Å². The number of sulfonamides is 1. The third-order valence-electron chi connectivity index (χ3n) is 1.36. The molecular formula is C6H16N2O2S2. The van der Waals surface area contributed by atoms with Crippen molar-refractivity contribution in [1.29, 1.82) is 0 Å². The summed E-state index contributed by atoms with van der Waals surface area (Å²) in [6, 6.07) is 0. The first-order chi connectivity index (χ1) is 5.36. The molecule has 0 saturated heterocycles. The first-order valence-corrected chi connectivity index (χ1v) is 5.80. The largest absolute Gasteiger partial charge is 0.305 e. The highest BCUT2D eigenvalue weighted by Crippen LogP contribution is 1.93. The number of hydrogen-bond acceptors (Lipinski definition) is 4. The summed E-state index contributed by atoms with van der Waals surface area (Å²) in [6.07, 6.45) is 0. The molecule has 1 unspecified atom stereocenters. The van der Waals surface area contributed by atoms with Crippen LogP contribution in [0.3, 0.4) is 0 Å². The molecule has 0 aliphatic carbocycles. The molecule has 0 aliphatic rings.